The van der Waals surface area contributed by atoms with E-state index in [1.54, 1.807) is 0 Å². The van der Waals surface area contributed by atoms with E-state index in [1.165, 1.54) is 0 Å². The molecule has 3 heteroatoms. The summed E-state index contributed by atoms with van der Waals surface area (Å²) in [6.45, 7) is 6.03. The second kappa shape index (κ2) is 5.52. The molecule has 68 valence electrons. The summed E-state index contributed by atoms with van der Waals surface area (Å²) >= 11 is 0. The van der Waals surface area contributed by atoms with Crippen molar-refractivity contribution in [3.05, 3.63) is 0 Å². The molecule has 0 aliphatic carbocycles. The lowest BCUT2D eigenvalue weighted by atomic mass is 9.95. The van der Waals surface area contributed by atoms with Crippen molar-refractivity contribution in [2.45, 2.75) is 20.3 Å². The molecule has 0 saturated carbocycles. The van der Waals surface area contributed by atoms with E-state index in [-0.39, 0.29) is 18.6 Å². The van der Waals surface area contributed by atoms with Crippen molar-refractivity contribution in [2.24, 2.45) is 5.41 Å². The lowest BCUT2D eigenvalue weighted by Gasteiger charge is -2.21. The Morgan fingerprint density at radius 3 is 2.36 bits per heavy atom. The molecule has 0 aliphatic heterocycles. The summed E-state index contributed by atoms with van der Waals surface area (Å²) < 4.78 is 0. The molecule has 0 amide bonds. The van der Waals surface area contributed by atoms with Gasteiger partial charge in [0.05, 0.1) is 0 Å². The van der Waals surface area contributed by atoms with E-state index in [9.17, 15) is 0 Å². The van der Waals surface area contributed by atoms with E-state index in [0.717, 1.165) is 19.5 Å². The highest BCUT2D eigenvalue weighted by Crippen LogP contribution is 2.10. The first-order chi connectivity index (χ1) is 5.12. The Morgan fingerprint density at radius 1 is 1.27 bits per heavy atom. The Morgan fingerprint density at radius 2 is 1.91 bits per heavy atom. The van der Waals surface area contributed by atoms with Gasteiger partial charge in [0.1, 0.15) is 0 Å². The maximum Gasteiger partial charge on any atom is 0.0494 e. The predicted molar refractivity (Wildman–Crippen MR) is 45.4 cm³/mol. The number of aliphatic hydroxyl groups excluding tert-OH is 2. The summed E-state index contributed by atoms with van der Waals surface area (Å²) in [5.74, 6) is 0. The van der Waals surface area contributed by atoms with Crippen LogP contribution in [0.5, 0.6) is 0 Å². The van der Waals surface area contributed by atoms with Crippen molar-refractivity contribution in [1.82, 2.24) is 5.32 Å². The highest BCUT2D eigenvalue weighted by atomic mass is 16.3. The molecule has 3 N–H and O–H groups in total. The molecule has 0 aromatic carbocycles. The molecular formula is C8H19NO2. The van der Waals surface area contributed by atoms with Crippen molar-refractivity contribution in [3.8, 4) is 0 Å². The van der Waals surface area contributed by atoms with E-state index >= 15 is 0 Å². The number of aliphatic hydroxyl groups is 2. The number of hydrogen-bond donors (Lipinski definition) is 3. The van der Waals surface area contributed by atoms with E-state index in [4.69, 9.17) is 10.2 Å². The first-order valence-electron chi connectivity index (χ1n) is 4.05. The maximum atomic E-state index is 8.86. The summed E-state index contributed by atoms with van der Waals surface area (Å²) in [4.78, 5) is 0. The monoisotopic (exact) mass is 161 g/mol. The van der Waals surface area contributed by atoms with Gasteiger partial charge < -0.3 is 15.5 Å². The van der Waals surface area contributed by atoms with Gasteiger partial charge in [0.15, 0.2) is 0 Å². The zero-order valence-corrected chi connectivity index (χ0v) is 7.43. The van der Waals surface area contributed by atoms with Crippen LogP contribution in [0.2, 0.25) is 0 Å². The Kier molecular flexibility index (Phi) is 5.46. The molecule has 0 atom stereocenters. The molecule has 0 aromatic heterocycles. The van der Waals surface area contributed by atoms with Gasteiger partial charge in [-0.2, -0.15) is 0 Å². The van der Waals surface area contributed by atoms with Gasteiger partial charge in [-0.3, -0.25) is 0 Å². The van der Waals surface area contributed by atoms with E-state index in [2.05, 4.69) is 5.32 Å². The first kappa shape index (κ1) is 10.9. The van der Waals surface area contributed by atoms with Gasteiger partial charge in [-0.05, 0) is 13.0 Å². The summed E-state index contributed by atoms with van der Waals surface area (Å²) in [5, 5.41) is 20.5. The standard InChI is InChI=1S/C8H19NO2/c1-8(2,7-11)6-9-4-3-5-10/h9-11H,3-7H2,1-2H3. The third-order valence-corrected chi connectivity index (χ3v) is 1.54. The van der Waals surface area contributed by atoms with Gasteiger partial charge in [0.2, 0.25) is 0 Å². The van der Waals surface area contributed by atoms with E-state index in [0.29, 0.717) is 0 Å². The number of nitrogens with one attached hydrogen (secondary N) is 1. The van der Waals surface area contributed by atoms with Crippen LogP contribution in [0, 0.1) is 5.41 Å². The smallest absolute Gasteiger partial charge is 0.0494 e. The van der Waals surface area contributed by atoms with Gasteiger partial charge in [0, 0.05) is 25.2 Å². The number of hydrogen-bond acceptors (Lipinski definition) is 3. The van der Waals surface area contributed by atoms with Crippen molar-refractivity contribution in [3.63, 3.8) is 0 Å². The largest absolute Gasteiger partial charge is 0.396 e. The van der Waals surface area contributed by atoms with E-state index < -0.39 is 0 Å². The lowest BCUT2D eigenvalue weighted by molar-refractivity contribution is 0.156. The predicted octanol–water partition coefficient (Wildman–Crippen LogP) is -0.0231. The minimum Gasteiger partial charge on any atom is -0.396 e. The average Bonchev–Trinajstić information content (AvgIpc) is 1.99. The van der Waals surface area contributed by atoms with Gasteiger partial charge in [-0.25, -0.2) is 0 Å². The summed E-state index contributed by atoms with van der Waals surface area (Å²) in [6, 6.07) is 0. The molecule has 0 fully saturated rings. The molecule has 3 nitrogen and oxygen atoms in total. The average molecular weight is 161 g/mol. The van der Waals surface area contributed by atoms with Crippen molar-refractivity contribution >= 4 is 0 Å². The van der Waals surface area contributed by atoms with Gasteiger partial charge in [-0.1, -0.05) is 13.8 Å². The third kappa shape index (κ3) is 6.28. The number of rotatable bonds is 6. The molecule has 0 heterocycles. The fraction of sp³-hybridized carbons (Fsp3) is 1.00. The van der Waals surface area contributed by atoms with Gasteiger partial charge >= 0.3 is 0 Å². The second-order valence-corrected chi connectivity index (χ2v) is 3.58. The normalized spacial score (nSPS) is 12.0. The first-order valence-corrected chi connectivity index (χ1v) is 4.05. The maximum absolute atomic E-state index is 8.86. The fourth-order valence-electron chi connectivity index (χ4n) is 0.687. The zero-order chi connectivity index (χ0) is 8.74. The van der Waals surface area contributed by atoms with Crippen LogP contribution < -0.4 is 5.32 Å². The Hall–Kier alpha value is -0.120. The minimum absolute atomic E-state index is 0.0462. The zero-order valence-electron chi connectivity index (χ0n) is 7.43. The molecule has 0 saturated heterocycles. The minimum atomic E-state index is -0.0462. The van der Waals surface area contributed by atoms with Crippen LogP contribution in [0.15, 0.2) is 0 Å². The molecule has 0 unspecified atom stereocenters. The molecule has 0 aliphatic rings. The summed E-state index contributed by atoms with van der Waals surface area (Å²) in [6.07, 6.45) is 0.779. The molecule has 0 aromatic rings. The van der Waals surface area contributed by atoms with Crippen LogP contribution in [0.25, 0.3) is 0 Å². The van der Waals surface area contributed by atoms with Crippen molar-refractivity contribution < 1.29 is 10.2 Å². The fourth-order valence-corrected chi connectivity index (χ4v) is 0.687. The Labute approximate surface area is 68.4 Å². The summed E-state index contributed by atoms with van der Waals surface area (Å²) in [5.41, 5.74) is -0.0462. The van der Waals surface area contributed by atoms with Crippen LogP contribution in [0.4, 0.5) is 0 Å². The molecule has 0 radical (unpaired) electrons. The van der Waals surface area contributed by atoms with Crippen molar-refractivity contribution in [2.75, 3.05) is 26.3 Å². The highest BCUT2D eigenvalue weighted by molar-refractivity contribution is 4.69. The highest BCUT2D eigenvalue weighted by Gasteiger charge is 2.14. The molecular weight excluding hydrogens is 142 g/mol. The summed E-state index contributed by atoms with van der Waals surface area (Å²) in [7, 11) is 0. The molecule has 0 bridgehead atoms. The molecule has 11 heavy (non-hydrogen) atoms. The molecule has 0 rings (SSSR count). The van der Waals surface area contributed by atoms with Crippen LogP contribution >= 0.6 is 0 Å². The second-order valence-electron chi connectivity index (χ2n) is 3.58. The SMILES string of the molecule is CC(C)(CO)CNCCCO. The quantitative estimate of drug-likeness (QED) is 0.480. The lowest BCUT2D eigenvalue weighted by Crippen LogP contribution is -2.32. The van der Waals surface area contributed by atoms with Gasteiger partial charge in [-0.15, -0.1) is 0 Å². The van der Waals surface area contributed by atoms with Gasteiger partial charge in [0.25, 0.3) is 0 Å². The van der Waals surface area contributed by atoms with Crippen LogP contribution in [0.1, 0.15) is 20.3 Å². The third-order valence-electron chi connectivity index (χ3n) is 1.54. The van der Waals surface area contributed by atoms with Crippen LogP contribution in [-0.4, -0.2) is 36.5 Å². The Balaban J connectivity index is 3.23. The van der Waals surface area contributed by atoms with Crippen molar-refractivity contribution in [1.29, 1.82) is 0 Å². The molecule has 0 spiro atoms. The van der Waals surface area contributed by atoms with Crippen LogP contribution in [-0.2, 0) is 0 Å². The topological polar surface area (TPSA) is 52.5 Å². The van der Waals surface area contributed by atoms with Crippen LogP contribution in [0.3, 0.4) is 0 Å². The van der Waals surface area contributed by atoms with E-state index in [1.807, 2.05) is 13.8 Å². The Bertz CT molecular complexity index is 94.1.